The van der Waals surface area contributed by atoms with Crippen LogP contribution in [0.3, 0.4) is 0 Å². The number of likely N-dealkylation sites (tertiary alicyclic amines) is 1. The maximum absolute atomic E-state index is 5.93. The molecular formula is C18H26ClNO2. The second-order valence-corrected chi connectivity index (χ2v) is 6.70. The molecule has 1 aliphatic carbocycles. The highest BCUT2D eigenvalue weighted by molar-refractivity contribution is 5.85. The van der Waals surface area contributed by atoms with E-state index in [9.17, 15) is 0 Å². The van der Waals surface area contributed by atoms with Crippen molar-refractivity contribution >= 4 is 12.4 Å². The van der Waals surface area contributed by atoms with Gasteiger partial charge in [-0.25, -0.2) is 0 Å². The number of halogens is 1. The molecule has 22 heavy (non-hydrogen) atoms. The van der Waals surface area contributed by atoms with E-state index in [4.69, 9.17) is 9.47 Å². The van der Waals surface area contributed by atoms with Crippen molar-refractivity contribution in [3.63, 3.8) is 0 Å². The van der Waals surface area contributed by atoms with Crippen molar-refractivity contribution in [3.8, 4) is 0 Å². The Morgan fingerprint density at radius 2 is 1.41 bits per heavy atom. The first-order valence-electron chi connectivity index (χ1n) is 8.42. The van der Waals surface area contributed by atoms with Gasteiger partial charge in [0, 0.05) is 18.4 Å². The minimum atomic E-state index is -0.266. The monoisotopic (exact) mass is 323 g/mol. The van der Waals surface area contributed by atoms with Gasteiger partial charge in [0.1, 0.15) is 0 Å². The largest absolute Gasteiger partial charge is 0.348 e. The van der Waals surface area contributed by atoms with Gasteiger partial charge < -0.3 is 9.47 Å². The van der Waals surface area contributed by atoms with Crippen molar-refractivity contribution in [1.29, 1.82) is 0 Å². The molecular weight excluding hydrogens is 298 g/mol. The summed E-state index contributed by atoms with van der Waals surface area (Å²) in [6, 6.07) is 11.1. The normalized spacial score (nSPS) is 26.9. The maximum Gasteiger partial charge on any atom is 0.168 e. The average molecular weight is 324 g/mol. The predicted octanol–water partition coefficient (Wildman–Crippen LogP) is 3.72. The molecule has 0 unspecified atom stereocenters. The van der Waals surface area contributed by atoms with Crippen molar-refractivity contribution in [2.24, 2.45) is 0 Å². The average Bonchev–Trinajstić information content (AvgIpc) is 3.22. The molecule has 1 aromatic rings. The maximum atomic E-state index is 5.93. The van der Waals surface area contributed by atoms with Gasteiger partial charge in [0.15, 0.2) is 5.79 Å². The summed E-state index contributed by atoms with van der Waals surface area (Å²) < 4.78 is 11.9. The number of nitrogens with zero attached hydrogens (tertiary/aromatic N) is 1. The molecule has 0 amide bonds. The first kappa shape index (κ1) is 16.3. The van der Waals surface area contributed by atoms with E-state index in [1.807, 2.05) is 0 Å². The molecule has 4 rings (SSSR count). The Morgan fingerprint density at radius 1 is 0.818 bits per heavy atom. The third kappa shape index (κ3) is 2.69. The Bertz CT molecular complexity index is 471. The zero-order valence-corrected chi connectivity index (χ0v) is 13.9. The number of benzene rings is 1. The summed E-state index contributed by atoms with van der Waals surface area (Å²) in [5.74, 6) is -0.266. The van der Waals surface area contributed by atoms with Gasteiger partial charge in [0.2, 0.25) is 0 Å². The standard InChI is InChI=1S/C18H25NO2.ClH/c1-2-6-16(7-3-1)17(19-12-4-5-13-19)8-10-18(11-9-17)20-14-15-21-18;/h1-3,6-7H,4-5,8-15H2;1H. The van der Waals surface area contributed by atoms with Gasteiger partial charge in [-0.05, 0) is 44.3 Å². The molecule has 3 nitrogen and oxygen atoms in total. The summed E-state index contributed by atoms with van der Waals surface area (Å²) in [5.41, 5.74) is 1.69. The third-order valence-electron chi connectivity index (χ3n) is 5.68. The van der Waals surface area contributed by atoms with E-state index in [2.05, 4.69) is 35.2 Å². The first-order valence-corrected chi connectivity index (χ1v) is 8.42. The summed E-state index contributed by atoms with van der Waals surface area (Å²) in [6.07, 6.45) is 7.03. The summed E-state index contributed by atoms with van der Waals surface area (Å²) in [7, 11) is 0. The van der Waals surface area contributed by atoms with Crippen molar-refractivity contribution in [1.82, 2.24) is 4.90 Å². The van der Waals surface area contributed by atoms with Crippen LogP contribution in [0.5, 0.6) is 0 Å². The fourth-order valence-corrected chi connectivity index (χ4v) is 4.51. The molecule has 4 heteroatoms. The van der Waals surface area contributed by atoms with E-state index < -0.39 is 0 Å². The molecule has 1 saturated carbocycles. The van der Waals surface area contributed by atoms with E-state index in [0.29, 0.717) is 0 Å². The van der Waals surface area contributed by atoms with Gasteiger partial charge in [0.25, 0.3) is 0 Å². The molecule has 0 atom stereocenters. The molecule has 3 fully saturated rings. The van der Waals surface area contributed by atoms with E-state index in [1.54, 1.807) is 0 Å². The molecule has 2 aliphatic heterocycles. The van der Waals surface area contributed by atoms with E-state index in [-0.39, 0.29) is 23.7 Å². The van der Waals surface area contributed by atoms with Crippen LogP contribution in [-0.4, -0.2) is 37.0 Å². The molecule has 1 spiro atoms. The molecule has 1 aromatic carbocycles. The zero-order chi connectivity index (χ0) is 14.2. The van der Waals surface area contributed by atoms with Crippen LogP contribution in [0.2, 0.25) is 0 Å². The van der Waals surface area contributed by atoms with Crippen LogP contribution in [-0.2, 0) is 15.0 Å². The Morgan fingerprint density at radius 3 is 2.00 bits per heavy atom. The molecule has 0 aromatic heterocycles. The lowest BCUT2D eigenvalue weighted by Gasteiger charge is -2.49. The smallest absolute Gasteiger partial charge is 0.168 e. The molecule has 3 aliphatic rings. The minimum absolute atomic E-state index is 0. The zero-order valence-electron chi connectivity index (χ0n) is 13.1. The lowest BCUT2D eigenvalue weighted by molar-refractivity contribution is -0.195. The van der Waals surface area contributed by atoms with Gasteiger partial charge in [0.05, 0.1) is 13.2 Å². The molecule has 122 valence electrons. The Hall–Kier alpha value is -0.610. The van der Waals surface area contributed by atoms with Crippen LogP contribution in [0, 0.1) is 0 Å². The van der Waals surface area contributed by atoms with E-state index in [0.717, 1.165) is 38.9 Å². The van der Waals surface area contributed by atoms with Crippen molar-refractivity contribution in [2.45, 2.75) is 49.9 Å². The number of hydrogen-bond acceptors (Lipinski definition) is 3. The van der Waals surface area contributed by atoms with Crippen LogP contribution in [0.15, 0.2) is 30.3 Å². The fourth-order valence-electron chi connectivity index (χ4n) is 4.51. The highest BCUT2D eigenvalue weighted by Crippen LogP contribution is 2.49. The Balaban J connectivity index is 0.00000144. The second-order valence-electron chi connectivity index (χ2n) is 6.70. The minimum Gasteiger partial charge on any atom is -0.348 e. The highest BCUT2D eigenvalue weighted by Gasteiger charge is 2.49. The number of hydrogen-bond donors (Lipinski definition) is 0. The predicted molar refractivity (Wildman–Crippen MR) is 89.3 cm³/mol. The first-order chi connectivity index (χ1) is 10.3. The Labute approximate surface area is 139 Å². The quantitative estimate of drug-likeness (QED) is 0.828. The van der Waals surface area contributed by atoms with Gasteiger partial charge >= 0.3 is 0 Å². The van der Waals surface area contributed by atoms with Crippen molar-refractivity contribution in [3.05, 3.63) is 35.9 Å². The summed E-state index contributed by atoms with van der Waals surface area (Å²) in [4.78, 5) is 2.73. The van der Waals surface area contributed by atoms with Crippen LogP contribution in [0.25, 0.3) is 0 Å². The SMILES string of the molecule is Cl.c1ccc(C2(N3CCCC3)CCC3(CC2)OCCO3)cc1. The third-order valence-corrected chi connectivity index (χ3v) is 5.68. The van der Waals surface area contributed by atoms with Crippen LogP contribution in [0.1, 0.15) is 44.1 Å². The molecule has 2 heterocycles. The van der Waals surface area contributed by atoms with Gasteiger partial charge in [-0.1, -0.05) is 30.3 Å². The Kier molecular flexibility index (Phi) is 4.79. The number of ether oxygens (including phenoxy) is 2. The molecule has 0 radical (unpaired) electrons. The number of rotatable bonds is 2. The summed E-state index contributed by atoms with van der Waals surface area (Å²) >= 11 is 0. The van der Waals surface area contributed by atoms with Crippen LogP contribution < -0.4 is 0 Å². The van der Waals surface area contributed by atoms with Crippen LogP contribution in [0.4, 0.5) is 0 Å². The van der Waals surface area contributed by atoms with E-state index >= 15 is 0 Å². The van der Waals surface area contributed by atoms with E-state index in [1.165, 1.54) is 31.5 Å². The summed E-state index contributed by atoms with van der Waals surface area (Å²) in [5, 5.41) is 0. The fraction of sp³-hybridized carbons (Fsp3) is 0.667. The highest BCUT2D eigenvalue weighted by atomic mass is 35.5. The lowest BCUT2D eigenvalue weighted by atomic mass is 9.73. The van der Waals surface area contributed by atoms with Gasteiger partial charge in [-0.15, -0.1) is 12.4 Å². The van der Waals surface area contributed by atoms with Crippen molar-refractivity contribution < 1.29 is 9.47 Å². The second kappa shape index (κ2) is 6.48. The molecule has 2 saturated heterocycles. The van der Waals surface area contributed by atoms with Gasteiger partial charge in [-0.3, -0.25) is 4.90 Å². The molecule has 0 bridgehead atoms. The lowest BCUT2D eigenvalue weighted by Crippen LogP contribution is -2.51. The van der Waals surface area contributed by atoms with Gasteiger partial charge in [-0.2, -0.15) is 0 Å². The molecule has 0 N–H and O–H groups in total. The van der Waals surface area contributed by atoms with Crippen LogP contribution >= 0.6 is 12.4 Å². The topological polar surface area (TPSA) is 21.7 Å². The van der Waals surface area contributed by atoms with Crippen molar-refractivity contribution in [2.75, 3.05) is 26.3 Å². The summed E-state index contributed by atoms with van der Waals surface area (Å²) in [6.45, 7) is 4.01.